The molecule has 0 N–H and O–H groups in total. The molecule has 136 valence electrons. The first-order valence-electron chi connectivity index (χ1n) is 9.06. The topological polar surface area (TPSA) is 23.6 Å². The first-order valence-corrected chi connectivity index (χ1v) is 9.82. The fraction of sp³-hybridized carbons (Fsp3) is 0.381. The predicted molar refractivity (Wildman–Crippen MR) is 108 cm³/mol. The van der Waals surface area contributed by atoms with Crippen molar-refractivity contribution in [1.29, 1.82) is 0 Å². The largest absolute Gasteiger partial charge is 0.360 e. The van der Waals surface area contributed by atoms with Crippen molar-refractivity contribution in [3.8, 4) is 0 Å². The van der Waals surface area contributed by atoms with Crippen molar-refractivity contribution in [2.75, 3.05) is 31.6 Å². The normalized spacial score (nSPS) is 22.7. The summed E-state index contributed by atoms with van der Waals surface area (Å²) in [5.74, 6) is 0.562. The Bertz CT molecular complexity index is 821. The SMILES string of the molecule is CN1CCC2c3cc(Cl)ccc3N(CC(=O)c3ccc(Cl)cc3)C2CC1. The summed E-state index contributed by atoms with van der Waals surface area (Å²) in [5, 5.41) is 1.42. The highest BCUT2D eigenvalue weighted by Gasteiger charge is 2.40. The summed E-state index contributed by atoms with van der Waals surface area (Å²) in [6, 6.07) is 13.6. The number of anilines is 1. The highest BCUT2D eigenvalue weighted by molar-refractivity contribution is 6.31. The van der Waals surface area contributed by atoms with Crippen molar-refractivity contribution in [3.05, 3.63) is 63.6 Å². The minimum absolute atomic E-state index is 0.126. The number of ketones is 1. The van der Waals surface area contributed by atoms with Gasteiger partial charge in [-0.1, -0.05) is 23.2 Å². The number of carbonyl (C=O) groups excluding carboxylic acids is 1. The van der Waals surface area contributed by atoms with Crippen LogP contribution < -0.4 is 4.90 Å². The molecule has 1 saturated heterocycles. The van der Waals surface area contributed by atoms with E-state index >= 15 is 0 Å². The van der Waals surface area contributed by atoms with E-state index in [0.717, 1.165) is 36.6 Å². The molecule has 0 saturated carbocycles. The lowest BCUT2D eigenvalue weighted by molar-refractivity contribution is 0.0996. The molecule has 2 aromatic rings. The van der Waals surface area contributed by atoms with Crippen molar-refractivity contribution < 1.29 is 4.79 Å². The third kappa shape index (κ3) is 3.36. The maximum Gasteiger partial charge on any atom is 0.182 e. The average molecular weight is 389 g/mol. The van der Waals surface area contributed by atoms with Crippen LogP contribution in [0.1, 0.15) is 34.7 Å². The second-order valence-corrected chi connectivity index (χ2v) is 8.19. The third-order valence-corrected chi connectivity index (χ3v) is 6.16. The molecule has 2 atom stereocenters. The second kappa shape index (κ2) is 7.22. The number of carbonyl (C=O) groups is 1. The Labute approximate surface area is 164 Å². The Morgan fingerprint density at radius 2 is 1.73 bits per heavy atom. The van der Waals surface area contributed by atoms with E-state index in [1.807, 2.05) is 18.2 Å². The van der Waals surface area contributed by atoms with Crippen molar-refractivity contribution in [2.24, 2.45) is 0 Å². The minimum Gasteiger partial charge on any atom is -0.360 e. The van der Waals surface area contributed by atoms with Crippen LogP contribution in [0.15, 0.2) is 42.5 Å². The highest BCUT2D eigenvalue weighted by atomic mass is 35.5. The van der Waals surface area contributed by atoms with E-state index < -0.39 is 0 Å². The molecular weight excluding hydrogens is 367 g/mol. The fourth-order valence-electron chi connectivity index (χ4n) is 4.30. The molecule has 5 heteroatoms. The van der Waals surface area contributed by atoms with Crippen molar-refractivity contribution in [1.82, 2.24) is 4.90 Å². The number of fused-ring (bicyclic) bond motifs is 3. The second-order valence-electron chi connectivity index (χ2n) is 7.32. The molecule has 2 aliphatic heterocycles. The molecular formula is C21H22Cl2N2O. The molecule has 0 spiro atoms. The Kier molecular flexibility index (Phi) is 4.96. The maximum atomic E-state index is 12.9. The quantitative estimate of drug-likeness (QED) is 0.700. The number of benzene rings is 2. The Hall–Kier alpha value is -1.55. The number of halogens is 2. The fourth-order valence-corrected chi connectivity index (χ4v) is 4.61. The molecule has 2 aliphatic rings. The van der Waals surface area contributed by atoms with Crippen LogP contribution in [0.2, 0.25) is 10.0 Å². The molecule has 2 heterocycles. The first-order chi connectivity index (χ1) is 12.5. The van der Waals surface area contributed by atoms with Crippen LogP contribution in [-0.4, -0.2) is 43.4 Å². The van der Waals surface area contributed by atoms with Gasteiger partial charge in [0.15, 0.2) is 5.78 Å². The first kappa shape index (κ1) is 17.8. The van der Waals surface area contributed by atoms with Crippen LogP contribution in [0.5, 0.6) is 0 Å². The summed E-state index contributed by atoms with van der Waals surface area (Å²) < 4.78 is 0. The van der Waals surface area contributed by atoms with E-state index in [1.54, 1.807) is 12.1 Å². The van der Waals surface area contributed by atoms with Gasteiger partial charge in [-0.05, 0) is 81.0 Å². The lowest BCUT2D eigenvalue weighted by atomic mass is 9.91. The number of hydrogen-bond acceptors (Lipinski definition) is 3. The van der Waals surface area contributed by atoms with E-state index in [2.05, 4.69) is 29.0 Å². The standard InChI is InChI=1S/C21H22Cl2N2O/c1-24-10-8-17-18-12-16(23)6-7-19(18)25(20(17)9-11-24)13-21(26)14-2-4-15(22)5-3-14/h2-7,12,17,20H,8-11,13H2,1H3. The molecule has 4 rings (SSSR count). The summed E-state index contributed by atoms with van der Waals surface area (Å²) in [5.41, 5.74) is 3.16. The van der Waals surface area contributed by atoms with E-state index in [0.29, 0.717) is 29.1 Å². The predicted octanol–water partition coefficient (Wildman–Crippen LogP) is 4.87. The number of rotatable bonds is 3. The maximum absolute atomic E-state index is 12.9. The van der Waals surface area contributed by atoms with Crippen molar-refractivity contribution >= 4 is 34.7 Å². The van der Waals surface area contributed by atoms with E-state index in [9.17, 15) is 4.79 Å². The Morgan fingerprint density at radius 3 is 2.50 bits per heavy atom. The molecule has 1 fully saturated rings. The summed E-state index contributed by atoms with van der Waals surface area (Å²) in [4.78, 5) is 17.6. The van der Waals surface area contributed by atoms with Gasteiger partial charge in [0.1, 0.15) is 0 Å². The van der Waals surface area contributed by atoms with E-state index in [1.165, 1.54) is 5.56 Å². The molecule has 2 unspecified atom stereocenters. The van der Waals surface area contributed by atoms with Gasteiger partial charge in [-0.25, -0.2) is 0 Å². The van der Waals surface area contributed by atoms with Gasteiger partial charge in [0.2, 0.25) is 0 Å². The minimum atomic E-state index is 0.126. The summed E-state index contributed by atoms with van der Waals surface area (Å²) in [6.45, 7) is 2.52. The van der Waals surface area contributed by atoms with Crippen LogP contribution in [0.3, 0.4) is 0 Å². The molecule has 3 nitrogen and oxygen atoms in total. The van der Waals surface area contributed by atoms with Gasteiger partial charge >= 0.3 is 0 Å². The molecule has 0 amide bonds. The van der Waals surface area contributed by atoms with Gasteiger partial charge in [-0.3, -0.25) is 4.79 Å². The van der Waals surface area contributed by atoms with Crippen LogP contribution in [0.4, 0.5) is 5.69 Å². The molecule has 2 aromatic carbocycles. The average Bonchev–Trinajstić information content (AvgIpc) is 2.76. The zero-order valence-electron chi connectivity index (χ0n) is 14.8. The van der Waals surface area contributed by atoms with Gasteiger partial charge in [-0.2, -0.15) is 0 Å². The monoisotopic (exact) mass is 388 g/mol. The molecule has 0 aromatic heterocycles. The summed E-state index contributed by atoms with van der Waals surface area (Å²) >= 11 is 12.2. The van der Waals surface area contributed by atoms with E-state index in [4.69, 9.17) is 23.2 Å². The van der Waals surface area contributed by atoms with Gasteiger partial charge in [-0.15, -0.1) is 0 Å². The Morgan fingerprint density at radius 1 is 1.04 bits per heavy atom. The molecule has 26 heavy (non-hydrogen) atoms. The van der Waals surface area contributed by atoms with Crippen molar-refractivity contribution in [3.63, 3.8) is 0 Å². The summed E-state index contributed by atoms with van der Waals surface area (Å²) in [6.07, 6.45) is 2.15. The molecule has 0 bridgehead atoms. The van der Waals surface area contributed by atoms with Crippen LogP contribution in [0, 0.1) is 0 Å². The number of hydrogen-bond donors (Lipinski definition) is 0. The zero-order chi connectivity index (χ0) is 18.3. The highest BCUT2D eigenvalue weighted by Crippen LogP contribution is 2.46. The van der Waals surface area contributed by atoms with Crippen LogP contribution >= 0.6 is 23.2 Å². The van der Waals surface area contributed by atoms with Gasteiger partial charge in [0.05, 0.1) is 6.54 Å². The van der Waals surface area contributed by atoms with Gasteiger partial charge in [0.25, 0.3) is 0 Å². The van der Waals surface area contributed by atoms with Crippen LogP contribution in [-0.2, 0) is 0 Å². The Balaban J connectivity index is 1.65. The number of Topliss-reactive ketones (excluding diaryl/α,β-unsaturated/α-hetero) is 1. The van der Waals surface area contributed by atoms with E-state index in [-0.39, 0.29) is 5.78 Å². The molecule has 0 aliphatic carbocycles. The molecule has 0 radical (unpaired) electrons. The van der Waals surface area contributed by atoms with Gasteiger partial charge < -0.3 is 9.80 Å². The number of likely N-dealkylation sites (tertiary alicyclic amines) is 1. The third-order valence-electron chi connectivity index (χ3n) is 5.67. The van der Waals surface area contributed by atoms with Gasteiger partial charge in [0, 0.05) is 33.3 Å². The lowest BCUT2D eigenvalue weighted by Gasteiger charge is -2.29. The summed E-state index contributed by atoms with van der Waals surface area (Å²) in [7, 11) is 2.17. The lowest BCUT2D eigenvalue weighted by Crippen LogP contribution is -2.38. The number of nitrogens with zero attached hydrogens (tertiary/aromatic N) is 2. The van der Waals surface area contributed by atoms with Crippen molar-refractivity contribution in [2.45, 2.75) is 24.8 Å². The zero-order valence-corrected chi connectivity index (χ0v) is 16.3. The smallest absolute Gasteiger partial charge is 0.182 e. The van der Waals surface area contributed by atoms with Crippen LogP contribution in [0.25, 0.3) is 0 Å².